The van der Waals surface area contributed by atoms with Gasteiger partial charge in [-0.15, -0.1) is 0 Å². The lowest BCUT2D eigenvalue weighted by molar-refractivity contribution is -0.384. The lowest BCUT2D eigenvalue weighted by Crippen LogP contribution is -2.21. The van der Waals surface area contributed by atoms with Crippen LogP contribution >= 0.6 is 0 Å². The van der Waals surface area contributed by atoms with Gasteiger partial charge in [-0.1, -0.05) is 18.6 Å². The molecule has 1 saturated carbocycles. The summed E-state index contributed by atoms with van der Waals surface area (Å²) in [6, 6.07) is 6.79. The van der Waals surface area contributed by atoms with Gasteiger partial charge >= 0.3 is 0 Å². The molecule has 0 atom stereocenters. The predicted octanol–water partition coefficient (Wildman–Crippen LogP) is 2.81. The first kappa shape index (κ1) is 9.96. The van der Waals surface area contributed by atoms with Crippen molar-refractivity contribution in [2.45, 2.75) is 19.3 Å². The Morgan fingerprint density at radius 2 is 2.13 bits per heavy atom. The van der Waals surface area contributed by atoms with Crippen LogP contribution < -0.4 is 5.32 Å². The van der Waals surface area contributed by atoms with Crippen LogP contribution in [0.1, 0.15) is 19.3 Å². The van der Waals surface area contributed by atoms with E-state index in [2.05, 4.69) is 5.32 Å². The second-order valence-electron chi connectivity index (χ2n) is 3.95. The molecule has 0 unspecified atom stereocenters. The molecule has 0 aromatic heterocycles. The topological polar surface area (TPSA) is 55.2 Å². The van der Waals surface area contributed by atoms with Gasteiger partial charge < -0.3 is 5.32 Å². The van der Waals surface area contributed by atoms with E-state index in [1.165, 1.54) is 25.3 Å². The highest BCUT2D eigenvalue weighted by Crippen LogP contribution is 2.28. The van der Waals surface area contributed by atoms with Crippen LogP contribution in [0.15, 0.2) is 24.3 Å². The first-order valence-corrected chi connectivity index (χ1v) is 5.24. The zero-order valence-electron chi connectivity index (χ0n) is 8.48. The molecule has 80 valence electrons. The molecule has 0 bridgehead atoms. The van der Waals surface area contributed by atoms with Gasteiger partial charge in [0, 0.05) is 12.6 Å². The summed E-state index contributed by atoms with van der Waals surface area (Å²) in [7, 11) is 0. The fraction of sp³-hybridized carbons (Fsp3) is 0.455. The second kappa shape index (κ2) is 4.29. The molecule has 1 aliphatic rings. The molecule has 1 fully saturated rings. The first-order chi connectivity index (χ1) is 7.27. The van der Waals surface area contributed by atoms with Crippen LogP contribution in [0, 0.1) is 16.0 Å². The van der Waals surface area contributed by atoms with Crippen molar-refractivity contribution in [2.75, 3.05) is 11.9 Å². The molecule has 1 N–H and O–H groups in total. The van der Waals surface area contributed by atoms with E-state index < -0.39 is 0 Å². The Bertz CT molecular complexity index is 361. The lowest BCUT2D eigenvalue weighted by Gasteiger charge is -2.25. The van der Waals surface area contributed by atoms with Crippen LogP contribution in [0.2, 0.25) is 0 Å². The first-order valence-electron chi connectivity index (χ1n) is 5.24. The number of nitro groups is 1. The molecule has 0 heterocycles. The molecule has 15 heavy (non-hydrogen) atoms. The van der Waals surface area contributed by atoms with Crippen LogP contribution in [0.5, 0.6) is 0 Å². The number of nitrogens with one attached hydrogen (secondary N) is 1. The van der Waals surface area contributed by atoms with Gasteiger partial charge in [0.05, 0.1) is 4.92 Å². The Labute approximate surface area is 88.5 Å². The molecule has 0 aliphatic heterocycles. The quantitative estimate of drug-likeness (QED) is 0.608. The molecule has 0 amide bonds. The Balaban J connectivity index is 2.02. The summed E-state index contributed by atoms with van der Waals surface area (Å²) in [5.41, 5.74) is 0.797. The van der Waals surface area contributed by atoms with Crippen molar-refractivity contribution in [1.29, 1.82) is 0 Å². The summed E-state index contributed by atoms with van der Waals surface area (Å²) >= 11 is 0. The SMILES string of the molecule is O=[N+]([O-])c1ccccc1NCC1CCC1. The Hall–Kier alpha value is -1.58. The van der Waals surface area contributed by atoms with Crippen molar-refractivity contribution in [1.82, 2.24) is 0 Å². The monoisotopic (exact) mass is 206 g/mol. The van der Waals surface area contributed by atoms with E-state index in [4.69, 9.17) is 0 Å². The highest BCUT2D eigenvalue weighted by atomic mass is 16.6. The van der Waals surface area contributed by atoms with Crippen molar-refractivity contribution >= 4 is 11.4 Å². The van der Waals surface area contributed by atoms with Crippen LogP contribution in [-0.2, 0) is 0 Å². The standard InChI is InChI=1S/C11H14N2O2/c14-13(15)11-7-2-1-6-10(11)12-8-9-4-3-5-9/h1-2,6-7,9,12H,3-5,8H2. The van der Waals surface area contributed by atoms with E-state index in [1.54, 1.807) is 12.1 Å². The maximum absolute atomic E-state index is 10.7. The van der Waals surface area contributed by atoms with Crippen LogP contribution in [0.4, 0.5) is 11.4 Å². The fourth-order valence-corrected chi connectivity index (χ4v) is 1.73. The molecule has 4 heteroatoms. The number of hydrogen-bond acceptors (Lipinski definition) is 3. The number of hydrogen-bond donors (Lipinski definition) is 1. The van der Waals surface area contributed by atoms with E-state index in [-0.39, 0.29) is 10.6 Å². The van der Waals surface area contributed by atoms with E-state index in [0.29, 0.717) is 11.6 Å². The second-order valence-corrected chi connectivity index (χ2v) is 3.95. The minimum Gasteiger partial charge on any atom is -0.379 e. The van der Waals surface area contributed by atoms with E-state index in [9.17, 15) is 10.1 Å². The molecule has 1 aromatic rings. The molecule has 1 aliphatic carbocycles. The maximum Gasteiger partial charge on any atom is 0.292 e. The highest BCUT2D eigenvalue weighted by molar-refractivity contribution is 5.61. The largest absolute Gasteiger partial charge is 0.379 e. The molecule has 0 radical (unpaired) electrons. The average Bonchev–Trinajstić information content (AvgIpc) is 2.16. The highest BCUT2D eigenvalue weighted by Gasteiger charge is 2.18. The Morgan fingerprint density at radius 1 is 1.40 bits per heavy atom. The minimum absolute atomic E-state index is 0.164. The molecule has 4 nitrogen and oxygen atoms in total. The number of rotatable bonds is 4. The van der Waals surface area contributed by atoms with Crippen molar-refractivity contribution < 1.29 is 4.92 Å². The van der Waals surface area contributed by atoms with Crippen LogP contribution in [0.25, 0.3) is 0 Å². The molecule has 1 aromatic carbocycles. The third-order valence-electron chi connectivity index (χ3n) is 2.91. The summed E-state index contributed by atoms with van der Waals surface area (Å²) in [6.07, 6.45) is 3.78. The molecular formula is C11H14N2O2. The summed E-state index contributed by atoms with van der Waals surface area (Å²) in [5, 5.41) is 13.9. The van der Waals surface area contributed by atoms with Gasteiger partial charge in [-0.05, 0) is 24.8 Å². The molecule has 0 saturated heterocycles. The third kappa shape index (κ3) is 2.26. The summed E-state index contributed by atoms with van der Waals surface area (Å²) in [4.78, 5) is 10.4. The van der Waals surface area contributed by atoms with Gasteiger partial charge in [-0.3, -0.25) is 10.1 Å². The Kier molecular flexibility index (Phi) is 2.85. The predicted molar refractivity (Wildman–Crippen MR) is 58.9 cm³/mol. The van der Waals surface area contributed by atoms with Gasteiger partial charge in [-0.2, -0.15) is 0 Å². The van der Waals surface area contributed by atoms with Crippen molar-refractivity contribution in [3.63, 3.8) is 0 Å². The van der Waals surface area contributed by atoms with Gasteiger partial charge in [0.2, 0.25) is 0 Å². The number of anilines is 1. The molecule has 2 rings (SSSR count). The zero-order valence-corrected chi connectivity index (χ0v) is 8.48. The lowest BCUT2D eigenvalue weighted by atomic mass is 9.85. The van der Waals surface area contributed by atoms with Gasteiger partial charge in [-0.25, -0.2) is 0 Å². The third-order valence-corrected chi connectivity index (χ3v) is 2.91. The summed E-state index contributed by atoms with van der Waals surface area (Å²) in [5.74, 6) is 0.699. The van der Waals surface area contributed by atoms with Crippen LogP contribution in [0.3, 0.4) is 0 Å². The average molecular weight is 206 g/mol. The van der Waals surface area contributed by atoms with Crippen molar-refractivity contribution in [2.24, 2.45) is 5.92 Å². The number of para-hydroxylation sites is 2. The van der Waals surface area contributed by atoms with Crippen molar-refractivity contribution in [3.8, 4) is 0 Å². The number of nitro benzene ring substituents is 1. The van der Waals surface area contributed by atoms with E-state index in [0.717, 1.165) is 6.54 Å². The molecule has 0 spiro atoms. The van der Waals surface area contributed by atoms with Crippen LogP contribution in [-0.4, -0.2) is 11.5 Å². The van der Waals surface area contributed by atoms with E-state index in [1.807, 2.05) is 6.07 Å². The maximum atomic E-state index is 10.7. The van der Waals surface area contributed by atoms with E-state index >= 15 is 0 Å². The smallest absolute Gasteiger partial charge is 0.292 e. The minimum atomic E-state index is -0.344. The summed E-state index contributed by atoms with van der Waals surface area (Å²) < 4.78 is 0. The van der Waals surface area contributed by atoms with Gasteiger partial charge in [0.25, 0.3) is 5.69 Å². The number of nitrogens with zero attached hydrogens (tertiary/aromatic N) is 1. The summed E-state index contributed by atoms with van der Waals surface area (Å²) in [6.45, 7) is 0.852. The number of benzene rings is 1. The zero-order chi connectivity index (χ0) is 10.7. The fourth-order valence-electron chi connectivity index (χ4n) is 1.73. The Morgan fingerprint density at radius 3 is 2.73 bits per heavy atom. The van der Waals surface area contributed by atoms with Gasteiger partial charge in [0.15, 0.2) is 0 Å². The van der Waals surface area contributed by atoms with Gasteiger partial charge in [0.1, 0.15) is 5.69 Å². The normalized spacial score (nSPS) is 15.7. The molecular weight excluding hydrogens is 192 g/mol. The van der Waals surface area contributed by atoms with Crippen molar-refractivity contribution in [3.05, 3.63) is 34.4 Å².